The average Bonchev–Trinajstić information content (AvgIpc) is 2.67. The van der Waals surface area contributed by atoms with Gasteiger partial charge >= 0.3 is 6.18 Å². The van der Waals surface area contributed by atoms with E-state index in [0.29, 0.717) is 12.1 Å². The molecule has 1 heterocycles. The van der Waals surface area contributed by atoms with Gasteiger partial charge in [-0.25, -0.2) is 0 Å². The summed E-state index contributed by atoms with van der Waals surface area (Å²) in [5.41, 5.74) is -0.734. The van der Waals surface area contributed by atoms with Crippen LogP contribution in [0.1, 0.15) is 36.2 Å². The maximum Gasteiger partial charge on any atom is 0.391 e. The highest BCUT2D eigenvalue weighted by molar-refractivity contribution is 6.02. The average molecular weight is 394 g/mol. The molecule has 150 valence electrons. The van der Waals surface area contributed by atoms with Crippen LogP contribution >= 0.6 is 0 Å². The Bertz CT molecular complexity index is 799. The number of carbonyl (C=O) groups is 1. The Labute approximate surface area is 160 Å². The van der Waals surface area contributed by atoms with Gasteiger partial charge in [-0.3, -0.25) is 4.79 Å². The summed E-state index contributed by atoms with van der Waals surface area (Å²) in [6.07, 6.45) is -4.00. The number of alkyl halides is 3. The molecule has 1 saturated carbocycles. The highest BCUT2D eigenvalue weighted by Crippen LogP contribution is 2.41. The SMILES string of the molecule is O=C(Nc1ccccc1)c1ccc(NCC2(O)CCCC(C(F)(F)F)C2)nn1. The Morgan fingerprint density at radius 3 is 2.57 bits per heavy atom. The molecule has 1 aromatic carbocycles. The predicted molar refractivity (Wildman–Crippen MR) is 97.9 cm³/mol. The predicted octanol–water partition coefficient (Wildman–Crippen LogP) is 3.62. The normalized spacial score (nSPS) is 22.5. The minimum absolute atomic E-state index is 0.0385. The molecular formula is C19H21F3N4O2. The first kappa shape index (κ1) is 20.1. The molecule has 28 heavy (non-hydrogen) atoms. The van der Waals surface area contributed by atoms with Crippen molar-refractivity contribution in [2.75, 3.05) is 17.2 Å². The molecule has 1 aliphatic rings. The quantitative estimate of drug-likeness (QED) is 0.721. The number of hydrogen-bond acceptors (Lipinski definition) is 5. The van der Waals surface area contributed by atoms with Crippen molar-refractivity contribution in [1.29, 1.82) is 0 Å². The van der Waals surface area contributed by atoms with Crippen molar-refractivity contribution in [2.45, 2.75) is 37.5 Å². The monoisotopic (exact) mass is 394 g/mol. The zero-order chi connectivity index (χ0) is 20.2. The number of nitrogens with zero attached hydrogens (tertiary/aromatic N) is 2. The van der Waals surface area contributed by atoms with Crippen molar-refractivity contribution in [3.63, 3.8) is 0 Å². The van der Waals surface area contributed by atoms with E-state index in [0.717, 1.165) is 0 Å². The van der Waals surface area contributed by atoms with Crippen LogP contribution in [0.25, 0.3) is 0 Å². The lowest BCUT2D eigenvalue weighted by Crippen LogP contribution is -2.45. The highest BCUT2D eigenvalue weighted by atomic mass is 19.4. The minimum Gasteiger partial charge on any atom is -0.388 e. The molecule has 2 aromatic rings. The number of hydrogen-bond donors (Lipinski definition) is 3. The minimum atomic E-state index is -4.30. The van der Waals surface area contributed by atoms with Crippen LogP contribution in [0.3, 0.4) is 0 Å². The highest BCUT2D eigenvalue weighted by Gasteiger charge is 2.46. The van der Waals surface area contributed by atoms with Gasteiger partial charge in [-0.05, 0) is 49.9 Å². The number of benzene rings is 1. The first-order valence-corrected chi connectivity index (χ1v) is 8.98. The van der Waals surface area contributed by atoms with Gasteiger partial charge in [0.1, 0.15) is 5.82 Å². The van der Waals surface area contributed by atoms with E-state index in [2.05, 4.69) is 20.8 Å². The van der Waals surface area contributed by atoms with Gasteiger partial charge in [0.05, 0.1) is 11.5 Å². The van der Waals surface area contributed by atoms with Crippen molar-refractivity contribution < 1.29 is 23.1 Å². The van der Waals surface area contributed by atoms with Crippen molar-refractivity contribution >= 4 is 17.4 Å². The molecule has 2 unspecified atom stereocenters. The Balaban J connectivity index is 1.56. The fourth-order valence-corrected chi connectivity index (χ4v) is 3.30. The molecule has 1 fully saturated rings. The molecule has 1 aliphatic carbocycles. The van der Waals surface area contributed by atoms with E-state index in [1.165, 1.54) is 12.1 Å². The molecule has 0 bridgehead atoms. The summed E-state index contributed by atoms with van der Waals surface area (Å²) in [6, 6.07) is 11.8. The van der Waals surface area contributed by atoms with Gasteiger partial charge < -0.3 is 15.7 Å². The molecule has 0 aliphatic heterocycles. The zero-order valence-electron chi connectivity index (χ0n) is 15.0. The number of nitrogens with one attached hydrogen (secondary N) is 2. The van der Waals surface area contributed by atoms with Gasteiger partial charge in [0.2, 0.25) is 0 Å². The lowest BCUT2D eigenvalue weighted by Gasteiger charge is -2.37. The standard InChI is InChI=1S/C19H21F3N4O2/c20-19(21,22)13-5-4-10-18(28,11-13)12-23-16-9-8-15(25-26-16)17(27)24-14-6-2-1-3-7-14/h1-3,6-9,13,28H,4-5,10-12H2,(H,23,26)(H,24,27). The Hall–Kier alpha value is -2.68. The van der Waals surface area contributed by atoms with Crippen LogP contribution in [-0.4, -0.2) is 39.5 Å². The van der Waals surface area contributed by atoms with E-state index in [1.807, 2.05) is 6.07 Å². The molecule has 3 N–H and O–H groups in total. The first-order valence-electron chi connectivity index (χ1n) is 8.98. The number of aliphatic hydroxyl groups is 1. The number of anilines is 2. The zero-order valence-corrected chi connectivity index (χ0v) is 15.0. The third kappa shape index (κ3) is 5.19. The molecule has 3 rings (SSSR count). The summed E-state index contributed by atoms with van der Waals surface area (Å²) >= 11 is 0. The smallest absolute Gasteiger partial charge is 0.388 e. The van der Waals surface area contributed by atoms with Crippen molar-refractivity contribution in [3.8, 4) is 0 Å². The molecule has 2 atom stereocenters. The van der Waals surface area contributed by atoms with E-state index in [9.17, 15) is 23.1 Å². The molecule has 0 spiro atoms. The summed E-state index contributed by atoms with van der Waals surface area (Å²) in [7, 11) is 0. The third-order valence-electron chi connectivity index (χ3n) is 4.81. The Morgan fingerprint density at radius 1 is 1.18 bits per heavy atom. The van der Waals surface area contributed by atoms with Gasteiger partial charge in [0, 0.05) is 12.2 Å². The molecule has 0 saturated heterocycles. The van der Waals surface area contributed by atoms with E-state index in [-0.39, 0.29) is 37.3 Å². The van der Waals surface area contributed by atoms with Gasteiger partial charge in [-0.15, -0.1) is 10.2 Å². The second-order valence-corrected chi connectivity index (χ2v) is 7.04. The van der Waals surface area contributed by atoms with E-state index < -0.39 is 23.6 Å². The lowest BCUT2D eigenvalue weighted by atomic mass is 9.77. The molecular weight excluding hydrogens is 373 g/mol. The third-order valence-corrected chi connectivity index (χ3v) is 4.81. The van der Waals surface area contributed by atoms with Crippen molar-refractivity contribution in [2.24, 2.45) is 5.92 Å². The molecule has 1 aromatic heterocycles. The van der Waals surface area contributed by atoms with Crippen LogP contribution in [0.15, 0.2) is 42.5 Å². The fraction of sp³-hybridized carbons (Fsp3) is 0.421. The number of aromatic nitrogens is 2. The molecule has 1 amide bonds. The Morgan fingerprint density at radius 2 is 1.93 bits per heavy atom. The van der Waals surface area contributed by atoms with Crippen molar-refractivity contribution in [1.82, 2.24) is 10.2 Å². The summed E-state index contributed by atoms with van der Waals surface area (Å²) in [6.45, 7) is -0.0657. The van der Waals surface area contributed by atoms with E-state index in [1.54, 1.807) is 24.3 Å². The number of halogens is 3. The van der Waals surface area contributed by atoms with Crippen LogP contribution in [0.4, 0.5) is 24.7 Å². The number of rotatable bonds is 5. The van der Waals surface area contributed by atoms with Crippen LogP contribution < -0.4 is 10.6 Å². The summed E-state index contributed by atoms with van der Waals surface area (Å²) < 4.78 is 38.8. The lowest BCUT2D eigenvalue weighted by molar-refractivity contribution is -0.199. The largest absolute Gasteiger partial charge is 0.391 e. The topological polar surface area (TPSA) is 87.1 Å². The van der Waals surface area contributed by atoms with E-state index in [4.69, 9.17) is 0 Å². The van der Waals surface area contributed by atoms with Crippen LogP contribution in [0.5, 0.6) is 0 Å². The van der Waals surface area contributed by atoms with Crippen LogP contribution in [0.2, 0.25) is 0 Å². The maximum absolute atomic E-state index is 12.9. The van der Waals surface area contributed by atoms with Gasteiger partial charge in [0.15, 0.2) is 5.69 Å². The molecule has 6 nitrogen and oxygen atoms in total. The van der Waals surface area contributed by atoms with Gasteiger partial charge in [-0.1, -0.05) is 18.2 Å². The summed E-state index contributed by atoms with van der Waals surface area (Å²) in [5.74, 6) is -1.65. The van der Waals surface area contributed by atoms with Crippen LogP contribution in [0, 0.1) is 5.92 Å². The second-order valence-electron chi connectivity index (χ2n) is 7.04. The van der Waals surface area contributed by atoms with Crippen molar-refractivity contribution in [3.05, 3.63) is 48.2 Å². The molecule has 9 heteroatoms. The first-order chi connectivity index (χ1) is 13.3. The number of amides is 1. The van der Waals surface area contributed by atoms with Gasteiger partial charge in [-0.2, -0.15) is 13.2 Å². The Kier molecular flexibility index (Phi) is 5.83. The maximum atomic E-state index is 12.9. The number of carbonyl (C=O) groups excluding carboxylic acids is 1. The summed E-state index contributed by atoms with van der Waals surface area (Å²) in [4.78, 5) is 12.1. The van der Waals surface area contributed by atoms with Gasteiger partial charge in [0.25, 0.3) is 5.91 Å². The van der Waals surface area contributed by atoms with E-state index >= 15 is 0 Å². The second kappa shape index (κ2) is 8.14. The fourth-order valence-electron chi connectivity index (χ4n) is 3.30. The number of para-hydroxylation sites is 1. The van der Waals surface area contributed by atoms with Crippen LogP contribution in [-0.2, 0) is 0 Å². The molecule has 0 radical (unpaired) electrons. The summed E-state index contributed by atoms with van der Waals surface area (Å²) in [5, 5.41) is 23.7.